The Morgan fingerprint density at radius 3 is 3.00 bits per heavy atom. The van der Waals surface area contributed by atoms with Gasteiger partial charge < -0.3 is 5.32 Å². The number of nitrogens with one attached hydrogen (secondary N) is 2. The van der Waals surface area contributed by atoms with Gasteiger partial charge in [-0.1, -0.05) is 0 Å². The summed E-state index contributed by atoms with van der Waals surface area (Å²) in [6, 6.07) is 2.30. The standard InChI is InChI=1S/C12H16N4O/c1-7-8(2)14-11-6-10(9-4-3-5-13-9)15-16(11)12(7)17/h6,9,13,15H,3-5H2,1-2H3/t9-/m0/s1. The van der Waals surface area contributed by atoms with E-state index in [2.05, 4.69) is 15.4 Å². The van der Waals surface area contributed by atoms with Gasteiger partial charge in [0.15, 0.2) is 5.65 Å². The molecule has 0 aromatic carbocycles. The Kier molecular flexibility index (Phi) is 2.29. The summed E-state index contributed by atoms with van der Waals surface area (Å²) in [6.45, 7) is 4.73. The number of H-pyrrole nitrogens is 1. The number of fused-ring (bicyclic) bond motifs is 1. The van der Waals surface area contributed by atoms with Crippen molar-refractivity contribution < 1.29 is 0 Å². The average molecular weight is 232 g/mol. The maximum atomic E-state index is 12.0. The first-order chi connectivity index (χ1) is 8.16. The van der Waals surface area contributed by atoms with Crippen LogP contribution < -0.4 is 10.9 Å². The highest BCUT2D eigenvalue weighted by molar-refractivity contribution is 5.42. The minimum atomic E-state index is -0.00301. The summed E-state index contributed by atoms with van der Waals surface area (Å²) in [5.41, 5.74) is 3.27. The second kappa shape index (κ2) is 3.70. The molecule has 0 bridgehead atoms. The lowest BCUT2D eigenvalue weighted by Gasteiger charge is -2.05. The lowest BCUT2D eigenvalue weighted by atomic mass is 10.2. The monoisotopic (exact) mass is 232 g/mol. The molecule has 2 N–H and O–H groups in total. The van der Waals surface area contributed by atoms with Crippen LogP contribution in [0.5, 0.6) is 0 Å². The molecule has 90 valence electrons. The zero-order valence-electron chi connectivity index (χ0n) is 10.1. The van der Waals surface area contributed by atoms with Gasteiger partial charge in [-0.15, -0.1) is 0 Å². The Bertz CT molecular complexity index is 619. The lowest BCUT2D eigenvalue weighted by molar-refractivity contribution is 0.618. The molecule has 0 amide bonds. The fourth-order valence-electron chi connectivity index (χ4n) is 2.37. The molecule has 1 aliphatic heterocycles. The number of rotatable bonds is 1. The summed E-state index contributed by atoms with van der Waals surface area (Å²) >= 11 is 0. The second-order valence-corrected chi connectivity index (χ2v) is 4.68. The van der Waals surface area contributed by atoms with Crippen LogP contribution in [-0.4, -0.2) is 21.1 Å². The SMILES string of the molecule is Cc1nc2cc([C@@H]3CCCN3)[nH]n2c(=O)c1C. The Morgan fingerprint density at radius 2 is 2.29 bits per heavy atom. The Morgan fingerprint density at radius 1 is 1.47 bits per heavy atom. The summed E-state index contributed by atoms with van der Waals surface area (Å²) in [6.07, 6.45) is 2.29. The Labute approximate surface area is 98.9 Å². The lowest BCUT2D eigenvalue weighted by Crippen LogP contribution is -2.20. The van der Waals surface area contributed by atoms with Gasteiger partial charge in [-0.2, -0.15) is 0 Å². The maximum absolute atomic E-state index is 12.0. The van der Waals surface area contributed by atoms with Gasteiger partial charge in [0.1, 0.15) is 0 Å². The Balaban J connectivity index is 2.18. The van der Waals surface area contributed by atoms with Crippen LogP contribution in [0.15, 0.2) is 10.9 Å². The molecule has 3 heterocycles. The van der Waals surface area contributed by atoms with E-state index in [1.807, 2.05) is 19.9 Å². The average Bonchev–Trinajstić information content (AvgIpc) is 2.93. The van der Waals surface area contributed by atoms with E-state index in [0.717, 1.165) is 24.4 Å². The Hall–Kier alpha value is -1.62. The number of nitrogens with zero attached hydrogens (tertiary/aromatic N) is 2. The van der Waals surface area contributed by atoms with Crippen LogP contribution in [0, 0.1) is 13.8 Å². The highest BCUT2D eigenvalue weighted by atomic mass is 16.1. The van der Waals surface area contributed by atoms with Crippen molar-refractivity contribution in [2.24, 2.45) is 0 Å². The number of hydrogen-bond donors (Lipinski definition) is 2. The third-order valence-corrected chi connectivity index (χ3v) is 3.54. The second-order valence-electron chi connectivity index (χ2n) is 4.68. The number of aryl methyl sites for hydroxylation is 1. The van der Waals surface area contributed by atoms with Gasteiger partial charge in [-0.3, -0.25) is 9.89 Å². The van der Waals surface area contributed by atoms with Crippen molar-refractivity contribution in [2.45, 2.75) is 32.7 Å². The van der Waals surface area contributed by atoms with Crippen LogP contribution in [-0.2, 0) is 0 Å². The van der Waals surface area contributed by atoms with Crippen molar-refractivity contribution >= 4 is 5.65 Å². The van der Waals surface area contributed by atoms with Crippen LogP contribution in [0.2, 0.25) is 0 Å². The van der Waals surface area contributed by atoms with E-state index in [-0.39, 0.29) is 5.56 Å². The van der Waals surface area contributed by atoms with Gasteiger partial charge in [0.05, 0.1) is 5.69 Å². The minimum Gasteiger partial charge on any atom is -0.309 e. The van der Waals surface area contributed by atoms with E-state index in [1.165, 1.54) is 10.9 Å². The van der Waals surface area contributed by atoms with Crippen LogP contribution in [0.4, 0.5) is 0 Å². The molecule has 2 aromatic heterocycles. The van der Waals surface area contributed by atoms with Gasteiger partial charge in [0.2, 0.25) is 0 Å². The van der Waals surface area contributed by atoms with Crippen molar-refractivity contribution in [3.63, 3.8) is 0 Å². The molecule has 2 aromatic rings. The normalized spacial score (nSPS) is 20.2. The molecule has 1 fully saturated rings. The van der Waals surface area contributed by atoms with Crippen LogP contribution >= 0.6 is 0 Å². The van der Waals surface area contributed by atoms with Gasteiger partial charge in [-0.05, 0) is 33.2 Å². The molecular weight excluding hydrogens is 216 g/mol. The molecule has 0 radical (unpaired) electrons. The first-order valence-electron chi connectivity index (χ1n) is 5.99. The number of hydrogen-bond acceptors (Lipinski definition) is 3. The topological polar surface area (TPSA) is 62.2 Å². The molecule has 0 saturated carbocycles. The van der Waals surface area contributed by atoms with E-state index < -0.39 is 0 Å². The van der Waals surface area contributed by atoms with E-state index in [1.54, 1.807) is 0 Å². The number of aromatic nitrogens is 3. The van der Waals surface area contributed by atoms with Crippen molar-refractivity contribution in [1.82, 2.24) is 19.9 Å². The summed E-state index contributed by atoms with van der Waals surface area (Å²) < 4.78 is 1.54. The molecule has 0 unspecified atom stereocenters. The van der Waals surface area contributed by atoms with Gasteiger partial charge in [0, 0.05) is 23.4 Å². The predicted octanol–water partition coefficient (Wildman–Crippen LogP) is 1.06. The zero-order chi connectivity index (χ0) is 12.0. The molecule has 5 nitrogen and oxygen atoms in total. The molecule has 1 saturated heterocycles. The highest BCUT2D eigenvalue weighted by Gasteiger charge is 2.19. The first-order valence-corrected chi connectivity index (χ1v) is 5.99. The zero-order valence-corrected chi connectivity index (χ0v) is 10.1. The van der Waals surface area contributed by atoms with Gasteiger partial charge >= 0.3 is 0 Å². The molecule has 3 rings (SSSR count). The largest absolute Gasteiger partial charge is 0.309 e. The smallest absolute Gasteiger partial charge is 0.275 e. The molecule has 1 atom stereocenters. The summed E-state index contributed by atoms with van der Waals surface area (Å²) in [7, 11) is 0. The van der Waals surface area contributed by atoms with Crippen molar-refractivity contribution in [3.8, 4) is 0 Å². The van der Waals surface area contributed by atoms with Crippen LogP contribution in [0.25, 0.3) is 5.65 Å². The fourth-order valence-corrected chi connectivity index (χ4v) is 2.37. The van der Waals surface area contributed by atoms with E-state index in [0.29, 0.717) is 17.3 Å². The molecule has 5 heteroatoms. The quantitative estimate of drug-likeness (QED) is 0.773. The first kappa shape index (κ1) is 10.5. The van der Waals surface area contributed by atoms with Gasteiger partial charge in [-0.25, -0.2) is 9.50 Å². The maximum Gasteiger partial charge on any atom is 0.275 e. The molecule has 17 heavy (non-hydrogen) atoms. The van der Waals surface area contributed by atoms with Gasteiger partial charge in [0.25, 0.3) is 5.56 Å². The van der Waals surface area contributed by atoms with Crippen molar-refractivity contribution in [1.29, 1.82) is 0 Å². The molecule has 0 spiro atoms. The van der Waals surface area contributed by atoms with Crippen molar-refractivity contribution in [3.05, 3.63) is 33.4 Å². The molecule has 1 aliphatic rings. The summed E-state index contributed by atoms with van der Waals surface area (Å²) in [5, 5.41) is 6.56. The summed E-state index contributed by atoms with van der Waals surface area (Å²) in [4.78, 5) is 16.5. The molecular formula is C12H16N4O. The minimum absolute atomic E-state index is 0.00301. The third-order valence-electron chi connectivity index (χ3n) is 3.54. The van der Waals surface area contributed by atoms with Crippen molar-refractivity contribution in [2.75, 3.05) is 6.54 Å². The summed E-state index contributed by atoms with van der Waals surface area (Å²) in [5.74, 6) is 0. The van der Waals surface area contributed by atoms with Crippen LogP contribution in [0.3, 0.4) is 0 Å². The fraction of sp³-hybridized carbons (Fsp3) is 0.500. The highest BCUT2D eigenvalue weighted by Crippen LogP contribution is 2.22. The van der Waals surface area contributed by atoms with Crippen LogP contribution in [0.1, 0.15) is 35.8 Å². The predicted molar refractivity (Wildman–Crippen MR) is 65.3 cm³/mol. The number of aromatic amines is 1. The van der Waals surface area contributed by atoms with E-state index in [4.69, 9.17) is 0 Å². The molecule has 0 aliphatic carbocycles. The third kappa shape index (κ3) is 1.58. The van der Waals surface area contributed by atoms with E-state index >= 15 is 0 Å². The van der Waals surface area contributed by atoms with E-state index in [9.17, 15) is 4.79 Å².